The average molecular weight is 455 g/mol. The Hall–Kier alpha value is -3.62. The maximum atomic E-state index is 13.0. The first-order chi connectivity index (χ1) is 15.6. The predicted molar refractivity (Wildman–Crippen MR) is 119 cm³/mol. The van der Waals surface area contributed by atoms with Crippen LogP contribution in [0.15, 0.2) is 42.7 Å². The minimum atomic E-state index is -4.47. The molecule has 33 heavy (non-hydrogen) atoms. The number of aromatic amines is 1. The molecule has 0 aliphatic rings. The van der Waals surface area contributed by atoms with Crippen molar-refractivity contribution in [1.82, 2.24) is 25.1 Å². The summed E-state index contributed by atoms with van der Waals surface area (Å²) in [5.74, 6) is -0.201. The van der Waals surface area contributed by atoms with Crippen LogP contribution in [-0.2, 0) is 12.7 Å². The third-order valence-corrected chi connectivity index (χ3v) is 5.72. The van der Waals surface area contributed by atoms with Gasteiger partial charge < -0.3 is 10.3 Å². The molecule has 4 aromatic rings. The standard InChI is InChI=1S/C24H24F3N5O/c1-13(2)22-19(12-30-32(22)21-8-6-17(11-28-21)24(25,26)27)23(33)29-10-16-5-7-20-18(9-16)14(3)15(4)31-20/h5-9,11-13,31H,10H2,1-4H3,(H,29,33). The molecule has 0 fully saturated rings. The van der Waals surface area contributed by atoms with Crippen LogP contribution in [0.4, 0.5) is 13.2 Å². The molecule has 2 N–H and O–H groups in total. The number of fused-ring (bicyclic) bond motifs is 1. The van der Waals surface area contributed by atoms with E-state index in [0.29, 0.717) is 17.8 Å². The Morgan fingerprint density at radius 1 is 1.15 bits per heavy atom. The lowest BCUT2D eigenvalue weighted by atomic mass is 10.0. The number of nitrogens with one attached hydrogen (secondary N) is 2. The van der Waals surface area contributed by atoms with E-state index in [-0.39, 0.29) is 17.6 Å². The molecule has 0 atom stereocenters. The minimum absolute atomic E-state index is 0.112. The zero-order valence-corrected chi connectivity index (χ0v) is 18.7. The smallest absolute Gasteiger partial charge is 0.358 e. The Balaban J connectivity index is 1.57. The molecule has 0 unspecified atom stereocenters. The van der Waals surface area contributed by atoms with Gasteiger partial charge in [0.15, 0.2) is 5.82 Å². The molecular formula is C24H24F3N5O. The van der Waals surface area contributed by atoms with Crippen LogP contribution in [0.25, 0.3) is 16.7 Å². The van der Waals surface area contributed by atoms with Gasteiger partial charge in [0.05, 0.1) is 23.0 Å². The second-order valence-electron chi connectivity index (χ2n) is 8.35. The zero-order valence-electron chi connectivity index (χ0n) is 18.7. The van der Waals surface area contributed by atoms with E-state index in [1.165, 1.54) is 22.5 Å². The Morgan fingerprint density at radius 3 is 2.55 bits per heavy atom. The van der Waals surface area contributed by atoms with Gasteiger partial charge in [-0.05, 0) is 55.2 Å². The number of amides is 1. The van der Waals surface area contributed by atoms with Gasteiger partial charge in [0.25, 0.3) is 5.91 Å². The summed E-state index contributed by atoms with van der Waals surface area (Å²) in [7, 11) is 0. The van der Waals surface area contributed by atoms with Gasteiger partial charge in [-0.15, -0.1) is 0 Å². The topological polar surface area (TPSA) is 75.6 Å². The number of nitrogens with zero attached hydrogens (tertiary/aromatic N) is 3. The van der Waals surface area contributed by atoms with E-state index >= 15 is 0 Å². The lowest BCUT2D eigenvalue weighted by molar-refractivity contribution is -0.137. The maximum absolute atomic E-state index is 13.0. The molecule has 3 heterocycles. The predicted octanol–water partition coefficient (Wildman–Crippen LogP) is 5.44. The summed E-state index contributed by atoms with van der Waals surface area (Å²) in [6.45, 7) is 8.18. The Labute approximate surface area is 188 Å². The third-order valence-electron chi connectivity index (χ3n) is 5.72. The summed E-state index contributed by atoms with van der Waals surface area (Å²) in [5, 5.41) is 8.28. The van der Waals surface area contributed by atoms with Crippen LogP contribution in [0.1, 0.15) is 58.2 Å². The van der Waals surface area contributed by atoms with Gasteiger partial charge in [-0.25, -0.2) is 9.67 Å². The normalized spacial score (nSPS) is 12.0. The molecule has 9 heteroatoms. The highest BCUT2D eigenvalue weighted by molar-refractivity contribution is 5.95. The maximum Gasteiger partial charge on any atom is 0.417 e. The van der Waals surface area contributed by atoms with E-state index in [1.54, 1.807) is 0 Å². The summed E-state index contributed by atoms with van der Waals surface area (Å²) in [5.41, 5.74) is 4.39. The molecule has 6 nitrogen and oxygen atoms in total. The summed E-state index contributed by atoms with van der Waals surface area (Å²) in [6.07, 6.45) is -2.28. The molecule has 4 rings (SSSR count). The largest absolute Gasteiger partial charge is 0.417 e. The van der Waals surface area contributed by atoms with Crippen LogP contribution in [0.3, 0.4) is 0 Å². The zero-order chi connectivity index (χ0) is 23.9. The number of halogens is 3. The van der Waals surface area contributed by atoms with Crippen LogP contribution < -0.4 is 5.32 Å². The van der Waals surface area contributed by atoms with E-state index in [4.69, 9.17) is 0 Å². The number of carbonyl (C=O) groups excluding carboxylic acids is 1. The van der Waals surface area contributed by atoms with E-state index < -0.39 is 11.7 Å². The average Bonchev–Trinajstić information content (AvgIpc) is 3.33. The van der Waals surface area contributed by atoms with Crippen molar-refractivity contribution in [2.75, 3.05) is 0 Å². The van der Waals surface area contributed by atoms with Gasteiger partial charge >= 0.3 is 6.18 Å². The Morgan fingerprint density at radius 2 is 1.91 bits per heavy atom. The first-order valence-corrected chi connectivity index (χ1v) is 10.5. The first kappa shape index (κ1) is 22.6. The molecule has 0 saturated carbocycles. The fraction of sp³-hybridized carbons (Fsp3) is 0.292. The van der Waals surface area contributed by atoms with Crippen molar-refractivity contribution in [2.45, 2.75) is 46.3 Å². The number of H-pyrrole nitrogens is 1. The van der Waals surface area contributed by atoms with Crippen LogP contribution in [0, 0.1) is 13.8 Å². The van der Waals surface area contributed by atoms with E-state index in [1.807, 2.05) is 39.0 Å². The van der Waals surface area contributed by atoms with Crippen molar-refractivity contribution in [1.29, 1.82) is 0 Å². The lowest BCUT2D eigenvalue weighted by Crippen LogP contribution is -2.24. The van der Waals surface area contributed by atoms with Gasteiger partial charge in [-0.1, -0.05) is 19.9 Å². The SMILES string of the molecule is Cc1[nH]c2ccc(CNC(=O)c3cnn(-c4ccc(C(F)(F)F)cn4)c3C(C)C)cc2c1C. The van der Waals surface area contributed by atoms with E-state index in [2.05, 4.69) is 27.3 Å². The summed E-state index contributed by atoms with van der Waals surface area (Å²) in [6, 6.07) is 8.20. The van der Waals surface area contributed by atoms with Gasteiger partial charge in [-0.3, -0.25) is 4.79 Å². The number of benzene rings is 1. The molecule has 3 aromatic heterocycles. The number of hydrogen-bond acceptors (Lipinski definition) is 3. The van der Waals surface area contributed by atoms with Crippen molar-refractivity contribution in [2.24, 2.45) is 0 Å². The number of alkyl halides is 3. The fourth-order valence-corrected chi connectivity index (χ4v) is 3.85. The quantitative estimate of drug-likeness (QED) is 0.421. The highest BCUT2D eigenvalue weighted by atomic mass is 19.4. The summed E-state index contributed by atoms with van der Waals surface area (Å²) in [4.78, 5) is 20.2. The van der Waals surface area contributed by atoms with Crippen molar-refractivity contribution in [3.8, 4) is 5.82 Å². The van der Waals surface area contributed by atoms with Gasteiger partial charge in [-0.2, -0.15) is 18.3 Å². The van der Waals surface area contributed by atoms with Crippen LogP contribution in [0.2, 0.25) is 0 Å². The third kappa shape index (κ3) is 4.35. The second kappa shape index (κ2) is 8.38. The Bertz CT molecular complexity index is 1320. The number of hydrogen-bond donors (Lipinski definition) is 2. The monoisotopic (exact) mass is 455 g/mol. The highest BCUT2D eigenvalue weighted by Crippen LogP contribution is 2.29. The summed E-state index contributed by atoms with van der Waals surface area (Å²) >= 11 is 0. The number of carbonyl (C=O) groups is 1. The van der Waals surface area contributed by atoms with Crippen LogP contribution in [-0.4, -0.2) is 25.7 Å². The molecule has 0 saturated heterocycles. The van der Waals surface area contributed by atoms with Crippen LogP contribution in [0.5, 0.6) is 0 Å². The van der Waals surface area contributed by atoms with Gasteiger partial charge in [0, 0.05) is 29.3 Å². The van der Waals surface area contributed by atoms with E-state index in [9.17, 15) is 18.0 Å². The minimum Gasteiger partial charge on any atom is -0.358 e. The molecular weight excluding hydrogens is 431 g/mol. The van der Waals surface area contributed by atoms with Crippen molar-refractivity contribution < 1.29 is 18.0 Å². The number of rotatable bonds is 5. The summed E-state index contributed by atoms with van der Waals surface area (Å²) < 4.78 is 40.0. The highest BCUT2D eigenvalue weighted by Gasteiger charge is 2.31. The molecule has 1 amide bonds. The van der Waals surface area contributed by atoms with Gasteiger partial charge in [0.1, 0.15) is 0 Å². The van der Waals surface area contributed by atoms with Crippen LogP contribution >= 0.6 is 0 Å². The molecule has 0 aliphatic carbocycles. The fourth-order valence-electron chi connectivity index (χ4n) is 3.85. The lowest BCUT2D eigenvalue weighted by Gasteiger charge is -2.13. The molecule has 0 aliphatic heterocycles. The van der Waals surface area contributed by atoms with Crippen molar-refractivity contribution in [3.05, 3.63) is 76.4 Å². The van der Waals surface area contributed by atoms with Crippen molar-refractivity contribution >= 4 is 16.8 Å². The van der Waals surface area contributed by atoms with Crippen molar-refractivity contribution in [3.63, 3.8) is 0 Å². The number of aromatic nitrogens is 4. The molecule has 1 aromatic carbocycles. The second-order valence-corrected chi connectivity index (χ2v) is 8.35. The number of pyridine rings is 1. The molecule has 0 radical (unpaired) electrons. The van der Waals surface area contributed by atoms with E-state index in [0.717, 1.165) is 34.4 Å². The molecule has 0 bridgehead atoms. The molecule has 0 spiro atoms. The Kier molecular flexibility index (Phi) is 5.73. The van der Waals surface area contributed by atoms with Gasteiger partial charge in [0.2, 0.25) is 0 Å². The first-order valence-electron chi connectivity index (χ1n) is 10.5. The molecule has 172 valence electrons. The number of aryl methyl sites for hydroxylation is 2.